The van der Waals surface area contributed by atoms with Crippen molar-refractivity contribution in [3.63, 3.8) is 0 Å². The summed E-state index contributed by atoms with van der Waals surface area (Å²) in [5.41, 5.74) is 9.41. The Labute approximate surface area is 148 Å². The van der Waals surface area contributed by atoms with Crippen LogP contribution in [-0.4, -0.2) is 41.4 Å². The van der Waals surface area contributed by atoms with E-state index in [2.05, 4.69) is 34.5 Å². The highest BCUT2D eigenvalue weighted by molar-refractivity contribution is 5.58. The van der Waals surface area contributed by atoms with Gasteiger partial charge in [-0.2, -0.15) is 15.0 Å². The molecule has 1 atom stereocenters. The molecule has 1 aromatic heterocycles. The number of aromatic nitrogens is 3. The molecule has 2 saturated heterocycles. The molecule has 3 heterocycles. The van der Waals surface area contributed by atoms with E-state index in [-0.39, 0.29) is 11.6 Å². The van der Waals surface area contributed by atoms with E-state index < -0.39 is 0 Å². The smallest absolute Gasteiger partial charge is 0.169 e. The second kappa shape index (κ2) is 7.23. The number of nitrogens with zero attached hydrogens (tertiary/aromatic N) is 3. The van der Waals surface area contributed by atoms with E-state index in [0.717, 1.165) is 56.8 Å². The quantitative estimate of drug-likeness (QED) is 0.924. The standard InChI is InChI=1S/C19H26N4O2/c20-14-19(8-11-24-12-9-19)16-6-4-15(5-7-16)17-13-21-23(22-17)18-3-1-2-10-25-18/h4-7,13,18H,1-3,8-12,14,20H2. The lowest BCUT2D eigenvalue weighted by Gasteiger charge is -2.36. The van der Waals surface area contributed by atoms with Crippen molar-refractivity contribution < 1.29 is 9.47 Å². The first-order valence-corrected chi connectivity index (χ1v) is 9.23. The average Bonchev–Trinajstić information content (AvgIpc) is 3.20. The van der Waals surface area contributed by atoms with Crippen LogP contribution in [0.4, 0.5) is 0 Å². The number of hydrogen-bond acceptors (Lipinski definition) is 5. The first kappa shape index (κ1) is 16.7. The normalized spacial score (nSPS) is 23.5. The number of nitrogens with two attached hydrogens (primary N) is 1. The van der Waals surface area contributed by atoms with Gasteiger partial charge in [-0.05, 0) is 37.7 Å². The molecule has 6 nitrogen and oxygen atoms in total. The predicted octanol–water partition coefficient (Wildman–Crippen LogP) is 2.65. The molecule has 4 rings (SSSR count). The Bertz CT molecular complexity index is 686. The summed E-state index contributed by atoms with van der Waals surface area (Å²) < 4.78 is 11.3. The fourth-order valence-electron chi connectivity index (χ4n) is 3.82. The molecule has 0 radical (unpaired) electrons. The molecule has 2 N–H and O–H groups in total. The minimum absolute atomic E-state index is 0.0236. The van der Waals surface area contributed by atoms with Crippen molar-refractivity contribution in [1.29, 1.82) is 0 Å². The summed E-state index contributed by atoms with van der Waals surface area (Å²) in [6, 6.07) is 8.61. The molecule has 25 heavy (non-hydrogen) atoms. The van der Waals surface area contributed by atoms with Gasteiger partial charge in [-0.3, -0.25) is 0 Å². The van der Waals surface area contributed by atoms with Gasteiger partial charge in [-0.1, -0.05) is 24.3 Å². The fourth-order valence-corrected chi connectivity index (χ4v) is 3.82. The van der Waals surface area contributed by atoms with Crippen molar-refractivity contribution in [2.75, 3.05) is 26.4 Å². The molecule has 2 aromatic rings. The first-order chi connectivity index (χ1) is 12.3. The molecule has 6 heteroatoms. The minimum atomic E-state index is -0.0236. The van der Waals surface area contributed by atoms with Gasteiger partial charge in [-0.25, -0.2) is 0 Å². The van der Waals surface area contributed by atoms with Crippen LogP contribution < -0.4 is 5.73 Å². The molecule has 0 spiro atoms. The Morgan fingerprint density at radius 3 is 2.60 bits per heavy atom. The topological polar surface area (TPSA) is 75.2 Å². The van der Waals surface area contributed by atoms with E-state index >= 15 is 0 Å². The third-order valence-electron chi connectivity index (χ3n) is 5.56. The number of rotatable bonds is 4. The largest absolute Gasteiger partial charge is 0.381 e. The average molecular weight is 342 g/mol. The molecule has 0 amide bonds. The van der Waals surface area contributed by atoms with Crippen molar-refractivity contribution in [1.82, 2.24) is 15.0 Å². The SMILES string of the molecule is NCC1(c2ccc(-c3cnn(C4CCCCO4)n3)cc2)CCOCC1. The van der Waals surface area contributed by atoms with E-state index in [9.17, 15) is 0 Å². The summed E-state index contributed by atoms with van der Waals surface area (Å²) >= 11 is 0. The van der Waals surface area contributed by atoms with E-state index in [1.165, 1.54) is 12.0 Å². The van der Waals surface area contributed by atoms with Crippen LogP contribution in [-0.2, 0) is 14.9 Å². The van der Waals surface area contributed by atoms with Crippen LogP contribution in [0.15, 0.2) is 30.5 Å². The maximum absolute atomic E-state index is 6.11. The summed E-state index contributed by atoms with van der Waals surface area (Å²) in [5.74, 6) is 0. The van der Waals surface area contributed by atoms with Gasteiger partial charge >= 0.3 is 0 Å². The summed E-state index contributed by atoms with van der Waals surface area (Å²) in [6.45, 7) is 3.02. The Morgan fingerprint density at radius 2 is 1.92 bits per heavy atom. The molecular formula is C19H26N4O2. The number of ether oxygens (including phenoxy) is 2. The second-order valence-electron chi connectivity index (χ2n) is 7.05. The van der Waals surface area contributed by atoms with E-state index in [4.69, 9.17) is 15.2 Å². The van der Waals surface area contributed by atoms with Crippen LogP contribution in [0.25, 0.3) is 11.3 Å². The Hall–Kier alpha value is -1.76. The van der Waals surface area contributed by atoms with E-state index in [1.807, 2.05) is 6.20 Å². The van der Waals surface area contributed by atoms with Gasteiger partial charge in [0.1, 0.15) is 5.69 Å². The third-order valence-corrected chi connectivity index (χ3v) is 5.56. The van der Waals surface area contributed by atoms with Gasteiger partial charge in [0.15, 0.2) is 6.23 Å². The van der Waals surface area contributed by atoms with Crippen LogP contribution in [0.1, 0.15) is 43.9 Å². The summed E-state index contributed by atoms with van der Waals surface area (Å²) in [5, 5.41) is 9.02. The van der Waals surface area contributed by atoms with Gasteiger partial charge in [0.05, 0.1) is 6.20 Å². The molecule has 2 aliphatic heterocycles. The van der Waals surface area contributed by atoms with Gasteiger partial charge < -0.3 is 15.2 Å². The molecule has 2 fully saturated rings. The lowest BCUT2D eigenvalue weighted by molar-refractivity contribution is -0.0479. The van der Waals surface area contributed by atoms with Gasteiger partial charge in [0.25, 0.3) is 0 Å². The monoisotopic (exact) mass is 342 g/mol. The molecule has 134 valence electrons. The minimum Gasteiger partial charge on any atom is -0.381 e. The van der Waals surface area contributed by atoms with Gasteiger partial charge in [0, 0.05) is 37.3 Å². The molecular weight excluding hydrogens is 316 g/mol. The Balaban J connectivity index is 1.53. The predicted molar refractivity (Wildman–Crippen MR) is 95.1 cm³/mol. The molecule has 0 bridgehead atoms. The maximum Gasteiger partial charge on any atom is 0.169 e. The molecule has 0 aliphatic carbocycles. The van der Waals surface area contributed by atoms with Crippen molar-refractivity contribution in [3.05, 3.63) is 36.0 Å². The lowest BCUT2D eigenvalue weighted by Crippen LogP contribution is -2.40. The van der Waals surface area contributed by atoms with Gasteiger partial charge in [0.2, 0.25) is 0 Å². The molecule has 1 unspecified atom stereocenters. The maximum atomic E-state index is 6.11. The zero-order valence-electron chi connectivity index (χ0n) is 14.6. The zero-order valence-corrected chi connectivity index (χ0v) is 14.6. The van der Waals surface area contributed by atoms with Crippen LogP contribution in [0.5, 0.6) is 0 Å². The van der Waals surface area contributed by atoms with Crippen molar-refractivity contribution >= 4 is 0 Å². The Kier molecular flexibility index (Phi) is 4.83. The zero-order chi connectivity index (χ0) is 17.1. The van der Waals surface area contributed by atoms with E-state index in [1.54, 1.807) is 4.80 Å². The van der Waals surface area contributed by atoms with Crippen molar-refractivity contribution in [2.45, 2.75) is 43.7 Å². The second-order valence-corrected chi connectivity index (χ2v) is 7.05. The van der Waals surface area contributed by atoms with Crippen molar-refractivity contribution in [2.24, 2.45) is 5.73 Å². The van der Waals surface area contributed by atoms with Crippen LogP contribution in [0, 0.1) is 0 Å². The van der Waals surface area contributed by atoms with Crippen molar-refractivity contribution in [3.8, 4) is 11.3 Å². The highest BCUT2D eigenvalue weighted by Gasteiger charge is 2.33. The highest BCUT2D eigenvalue weighted by atomic mass is 16.5. The third kappa shape index (κ3) is 3.34. The fraction of sp³-hybridized carbons (Fsp3) is 0.579. The summed E-state index contributed by atoms with van der Waals surface area (Å²) in [7, 11) is 0. The van der Waals surface area contributed by atoms with Crippen LogP contribution in [0.2, 0.25) is 0 Å². The first-order valence-electron chi connectivity index (χ1n) is 9.23. The van der Waals surface area contributed by atoms with Crippen LogP contribution >= 0.6 is 0 Å². The Morgan fingerprint density at radius 1 is 1.12 bits per heavy atom. The molecule has 2 aliphatic rings. The van der Waals surface area contributed by atoms with E-state index in [0.29, 0.717) is 6.54 Å². The number of benzene rings is 1. The highest BCUT2D eigenvalue weighted by Crippen LogP contribution is 2.34. The van der Waals surface area contributed by atoms with Gasteiger partial charge in [-0.15, -0.1) is 0 Å². The molecule has 0 saturated carbocycles. The lowest BCUT2D eigenvalue weighted by atomic mass is 9.74. The summed E-state index contributed by atoms with van der Waals surface area (Å²) in [6.07, 6.45) is 7.04. The molecule has 1 aromatic carbocycles. The summed E-state index contributed by atoms with van der Waals surface area (Å²) in [4.78, 5) is 1.71. The number of hydrogen-bond donors (Lipinski definition) is 1. The van der Waals surface area contributed by atoms with Crippen LogP contribution in [0.3, 0.4) is 0 Å².